The third kappa shape index (κ3) is 3.35. The average Bonchev–Trinajstić information content (AvgIpc) is 3.39. The van der Waals surface area contributed by atoms with Crippen LogP contribution < -0.4 is 0 Å². The summed E-state index contributed by atoms with van der Waals surface area (Å²) in [6, 6.07) is 0.403. The van der Waals surface area contributed by atoms with Crippen LogP contribution in [0.1, 0.15) is 44.2 Å². The molecule has 1 aromatic heterocycles. The molecular weight excluding hydrogens is 358 g/mol. The van der Waals surface area contributed by atoms with Gasteiger partial charge in [-0.25, -0.2) is 0 Å². The van der Waals surface area contributed by atoms with Gasteiger partial charge in [-0.3, -0.25) is 14.4 Å². The number of amides is 1. The van der Waals surface area contributed by atoms with E-state index in [1.807, 2.05) is 15.8 Å². The van der Waals surface area contributed by atoms with Crippen LogP contribution in [0.2, 0.25) is 0 Å². The fourth-order valence-electron chi connectivity index (χ4n) is 5.66. The first-order chi connectivity index (χ1) is 13.6. The van der Waals surface area contributed by atoms with E-state index < -0.39 is 5.60 Å². The molecule has 8 heteroatoms. The van der Waals surface area contributed by atoms with Crippen molar-refractivity contribution in [3.8, 4) is 0 Å². The molecule has 0 aromatic carbocycles. The summed E-state index contributed by atoms with van der Waals surface area (Å²) < 4.78 is 7.29. The molecule has 5 aliphatic rings. The van der Waals surface area contributed by atoms with Crippen molar-refractivity contribution in [2.75, 3.05) is 39.4 Å². The molecule has 1 aliphatic carbocycles. The molecule has 28 heavy (non-hydrogen) atoms. The quantitative estimate of drug-likeness (QED) is 0.812. The van der Waals surface area contributed by atoms with Crippen molar-refractivity contribution < 1.29 is 14.6 Å². The lowest BCUT2D eigenvalue weighted by atomic mass is 9.75. The largest absolute Gasteiger partial charge is 0.383 e. The van der Waals surface area contributed by atoms with Gasteiger partial charge in [-0.15, -0.1) is 5.10 Å². The SMILES string of the molecule is O=C(C1CN2CCC1CC2Cn1cc(C2(O)CCCC2)nn1)N1CCOCC1. The van der Waals surface area contributed by atoms with Crippen LogP contribution in [0.4, 0.5) is 0 Å². The number of nitrogens with zero attached hydrogens (tertiary/aromatic N) is 5. The summed E-state index contributed by atoms with van der Waals surface area (Å²) in [5.74, 6) is 0.920. The van der Waals surface area contributed by atoms with Crippen LogP contribution in [0.15, 0.2) is 6.20 Å². The van der Waals surface area contributed by atoms with Crippen molar-refractivity contribution in [2.24, 2.45) is 11.8 Å². The van der Waals surface area contributed by atoms with Gasteiger partial charge < -0.3 is 14.7 Å². The molecule has 5 fully saturated rings. The van der Waals surface area contributed by atoms with Crippen LogP contribution in [0.5, 0.6) is 0 Å². The number of morpholine rings is 1. The van der Waals surface area contributed by atoms with Gasteiger partial charge in [0.25, 0.3) is 0 Å². The Kier molecular flexibility index (Phi) is 4.88. The van der Waals surface area contributed by atoms with E-state index in [0.29, 0.717) is 31.1 Å². The van der Waals surface area contributed by atoms with Crippen molar-refractivity contribution in [1.29, 1.82) is 0 Å². The Labute approximate surface area is 165 Å². The minimum atomic E-state index is -0.778. The summed E-state index contributed by atoms with van der Waals surface area (Å²) in [5, 5.41) is 19.3. The summed E-state index contributed by atoms with van der Waals surface area (Å²) in [6.45, 7) is 5.50. The second-order valence-corrected chi connectivity index (χ2v) is 9.04. The first-order valence-electron chi connectivity index (χ1n) is 10.9. The molecule has 0 radical (unpaired) electrons. The van der Waals surface area contributed by atoms with Crippen molar-refractivity contribution in [3.05, 3.63) is 11.9 Å². The van der Waals surface area contributed by atoms with Gasteiger partial charge in [0.2, 0.25) is 5.91 Å². The van der Waals surface area contributed by atoms with Gasteiger partial charge in [0.05, 0.1) is 31.9 Å². The molecule has 5 heterocycles. The van der Waals surface area contributed by atoms with Crippen LogP contribution >= 0.6 is 0 Å². The minimum absolute atomic E-state index is 0.133. The minimum Gasteiger partial charge on any atom is -0.383 e. The number of aromatic nitrogens is 3. The Morgan fingerprint density at radius 1 is 1.25 bits per heavy atom. The molecule has 4 saturated heterocycles. The molecule has 4 atom stereocenters. The van der Waals surface area contributed by atoms with Crippen LogP contribution in [0, 0.1) is 11.8 Å². The van der Waals surface area contributed by atoms with Gasteiger partial charge in [-0.2, -0.15) is 0 Å². The van der Waals surface area contributed by atoms with E-state index in [1.54, 1.807) is 0 Å². The van der Waals surface area contributed by atoms with Crippen LogP contribution in [-0.2, 0) is 21.7 Å². The number of carbonyl (C=O) groups excluding carboxylic acids is 1. The van der Waals surface area contributed by atoms with Crippen LogP contribution in [0.3, 0.4) is 0 Å². The van der Waals surface area contributed by atoms with Crippen molar-refractivity contribution in [2.45, 2.75) is 56.7 Å². The Hall–Kier alpha value is -1.51. The lowest BCUT2D eigenvalue weighted by Gasteiger charge is -2.50. The van der Waals surface area contributed by atoms with E-state index in [1.165, 1.54) is 0 Å². The molecule has 4 unspecified atom stereocenters. The zero-order valence-electron chi connectivity index (χ0n) is 16.5. The summed E-state index contributed by atoms with van der Waals surface area (Å²) in [7, 11) is 0. The monoisotopic (exact) mass is 389 g/mol. The maximum atomic E-state index is 13.0. The van der Waals surface area contributed by atoms with Crippen molar-refractivity contribution in [3.63, 3.8) is 0 Å². The predicted molar refractivity (Wildman–Crippen MR) is 101 cm³/mol. The smallest absolute Gasteiger partial charge is 0.227 e. The molecule has 8 nitrogen and oxygen atoms in total. The number of hydrogen-bond acceptors (Lipinski definition) is 6. The number of hydrogen-bond donors (Lipinski definition) is 1. The molecule has 1 N–H and O–H groups in total. The van der Waals surface area contributed by atoms with E-state index in [9.17, 15) is 9.90 Å². The van der Waals surface area contributed by atoms with Crippen molar-refractivity contribution >= 4 is 5.91 Å². The number of rotatable bonds is 4. The molecule has 0 spiro atoms. The molecule has 1 amide bonds. The molecule has 4 aliphatic heterocycles. The second kappa shape index (κ2) is 7.39. The molecule has 154 valence electrons. The fraction of sp³-hybridized carbons (Fsp3) is 0.850. The lowest BCUT2D eigenvalue weighted by Crippen LogP contribution is -2.59. The van der Waals surface area contributed by atoms with Gasteiger partial charge in [-0.05, 0) is 38.1 Å². The van der Waals surface area contributed by atoms with Crippen LogP contribution in [0.25, 0.3) is 0 Å². The molecule has 6 rings (SSSR count). The van der Waals surface area contributed by atoms with E-state index in [4.69, 9.17) is 4.74 Å². The van der Waals surface area contributed by atoms with Gasteiger partial charge in [0, 0.05) is 25.7 Å². The zero-order chi connectivity index (χ0) is 19.1. The molecule has 1 aromatic rings. The Morgan fingerprint density at radius 2 is 2.04 bits per heavy atom. The fourth-order valence-corrected chi connectivity index (χ4v) is 5.66. The number of ether oxygens (including phenoxy) is 1. The third-order valence-corrected chi connectivity index (χ3v) is 7.36. The first kappa shape index (κ1) is 18.5. The third-order valence-electron chi connectivity index (χ3n) is 7.36. The lowest BCUT2D eigenvalue weighted by molar-refractivity contribution is -0.148. The van der Waals surface area contributed by atoms with Gasteiger partial charge in [0.15, 0.2) is 0 Å². The molecule has 2 bridgehead atoms. The van der Waals surface area contributed by atoms with Crippen LogP contribution in [-0.4, -0.2) is 81.2 Å². The summed E-state index contributed by atoms with van der Waals surface area (Å²) in [5.41, 5.74) is -0.0545. The number of carbonyl (C=O) groups is 1. The van der Waals surface area contributed by atoms with E-state index in [2.05, 4.69) is 15.2 Å². The Morgan fingerprint density at radius 3 is 2.75 bits per heavy atom. The number of aliphatic hydroxyl groups is 1. The van der Waals surface area contributed by atoms with E-state index in [-0.39, 0.29) is 5.92 Å². The predicted octanol–water partition coefficient (Wildman–Crippen LogP) is 0.609. The maximum Gasteiger partial charge on any atom is 0.227 e. The summed E-state index contributed by atoms with van der Waals surface area (Å²) in [6.07, 6.45) is 7.77. The normalized spacial score (nSPS) is 34.7. The van der Waals surface area contributed by atoms with E-state index >= 15 is 0 Å². The highest BCUT2D eigenvalue weighted by atomic mass is 16.5. The van der Waals surface area contributed by atoms with Gasteiger partial charge in [0.1, 0.15) is 11.3 Å². The molecule has 1 saturated carbocycles. The number of piperidine rings is 3. The summed E-state index contributed by atoms with van der Waals surface area (Å²) in [4.78, 5) is 17.4. The highest BCUT2D eigenvalue weighted by Crippen LogP contribution is 2.39. The standard InChI is InChI=1S/C20H31N5O3/c26-19(23-7-9-28-10-8-23)17-13-24-6-3-15(17)11-16(24)12-25-14-18(21-22-25)20(27)4-1-2-5-20/h14-17,27H,1-13H2. The van der Waals surface area contributed by atoms with Gasteiger partial charge in [-0.1, -0.05) is 18.1 Å². The Balaban J connectivity index is 1.22. The summed E-state index contributed by atoms with van der Waals surface area (Å²) >= 11 is 0. The molecular formula is C20H31N5O3. The highest BCUT2D eigenvalue weighted by molar-refractivity contribution is 5.79. The number of fused-ring (bicyclic) bond motifs is 3. The van der Waals surface area contributed by atoms with Gasteiger partial charge >= 0.3 is 0 Å². The maximum absolute atomic E-state index is 13.0. The zero-order valence-corrected chi connectivity index (χ0v) is 16.5. The van der Waals surface area contributed by atoms with Crippen molar-refractivity contribution in [1.82, 2.24) is 24.8 Å². The average molecular weight is 390 g/mol. The Bertz CT molecular complexity index is 710. The first-order valence-corrected chi connectivity index (χ1v) is 10.9. The second-order valence-electron chi connectivity index (χ2n) is 9.04. The highest BCUT2D eigenvalue weighted by Gasteiger charge is 2.45. The van der Waals surface area contributed by atoms with E-state index in [0.717, 1.165) is 76.9 Å². The topological polar surface area (TPSA) is 83.7 Å².